The SMILES string of the molecule is CCCC(=O)N1CC[C@@](Cc2ccccc2-c2ccncc2)(C(=O)NC)C1. The number of hydrogen-bond acceptors (Lipinski definition) is 3. The number of hydrogen-bond donors (Lipinski definition) is 1. The van der Waals surface area contributed by atoms with Crippen LogP contribution in [0.25, 0.3) is 11.1 Å². The van der Waals surface area contributed by atoms with E-state index in [0.29, 0.717) is 32.4 Å². The molecule has 3 rings (SSSR count). The molecule has 1 fully saturated rings. The molecule has 1 aliphatic heterocycles. The van der Waals surface area contributed by atoms with Gasteiger partial charge in [0.2, 0.25) is 11.8 Å². The third-order valence-electron chi connectivity index (χ3n) is 5.42. The summed E-state index contributed by atoms with van der Waals surface area (Å²) in [5.41, 5.74) is 2.74. The molecule has 5 nitrogen and oxygen atoms in total. The lowest BCUT2D eigenvalue weighted by Crippen LogP contribution is -2.44. The molecule has 27 heavy (non-hydrogen) atoms. The zero-order valence-electron chi connectivity index (χ0n) is 16.1. The molecule has 0 radical (unpaired) electrons. The van der Waals surface area contributed by atoms with E-state index in [9.17, 15) is 9.59 Å². The number of pyridine rings is 1. The van der Waals surface area contributed by atoms with Crippen LogP contribution in [0.4, 0.5) is 0 Å². The van der Waals surface area contributed by atoms with Gasteiger partial charge < -0.3 is 10.2 Å². The minimum Gasteiger partial charge on any atom is -0.359 e. The van der Waals surface area contributed by atoms with Crippen molar-refractivity contribution in [1.29, 1.82) is 0 Å². The second-order valence-electron chi connectivity index (χ2n) is 7.24. The summed E-state index contributed by atoms with van der Waals surface area (Å²) < 4.78 is 0. The van der Waals surface area contributed by atoms with E-state index < -0.39 is 5.41 Å². The van der Waals surface area contributed by atoms with Gasteiger partial charge in [-0.2, -0.15) is 0 Å². The molecule has 1 aliphatic rings. The maximum atomic E-state index is 12.9. The van der Waals surface area contributed by atoms with Crippen LogP contribution < -0.4 is 5.32 Å². The lowest BCUT2D eigenvalue weighted by Gasteiger charge is -2.28. The number of nitrogens with one attached hydrogen (secondary N) is 1. The van der Waals surface area contributed by atoms with Gasteiger partial charge in [0.25, 0.3) is 0 Å². The average molecular weight is 365 g/mol. The van der Waals surface area contributed by atoms with Gasteiger partial charge in [0.1, 0.15) is 0 Å². The first kappa shape index (κ1) is 19.1. The van der Waals surface area contributed by atoms with Gasteiger partial charge in [-0.25, -0.2) is 0 Å². The summed E-state index contributed by atoms with van der Waals surface area (Å²) in [6.45, 7) is 3.13. The predicted molar refractivity (Wildman–Crippen MR) is 106 cm³/mol. The number of aromatic nitrogens is 1. The molecule has 0 bridgehead atoms. The molecule has 1 N–H and O–H groups in total. The van der Waals surface area contributed by atoms with Crippen LogP contribution in [0, 0.1) is 5.41 Å². The van der Waals surface area contributed by atoms with E-state index >= 15 is 0 Å². The maximum absolute atomic E-state index is 12.9. The first-order chi connectivity index (χ1) is 13.1. The lowest BCUT2D eigenvalue weighted by molar-refractivity contribution is -0.133. The van der Waals surface area contributed by atoms with Crippen LogP contribution in [0.1, 0.15) is 31.7 Å². The summed E-state index contributed by atoms with van der Waals surface area (Å²) in [5.74, 6) is 0.157. The first-order valence-electron chi connectivity index (χ1n) is 9.58. The molecule has 0 saturated carbocycles. The standard InChI is InChI=1S/C22H27N3O2/c1-3-6-20(26)25-14-11-22(16-25,21(27)23-2)15-18-7-4-5-8-19(18)17-9-12-24-13-10-17/h4-5,7-10,12-13H,3,6,11,14-16H2,1-2H3,(H,23,27)/t22-/m0/s1. The Morgan fingerprint density at radius 3 is 2.63 bits per heavy atom. The van der Waals surface area contributed by atoms with E-state index in [2.05, 4.69) is 22.4 Å². The number of benzene rings is 1. The van der Waals surface area contributed by atoms with Gasteiger partial charge in [0.15, 0.2) is 0 Å². The number of carbonyl (C=O) groups is 2. The van der Waals surface area contributed by atoms with Gasteiger partial charge in [-0.1, -0.05) is 31.2 Å². The largest absolute Gasteiger partial charge is 0.359 e. The molecule has 1 aromatic heterocycles. The van der Waals surface area contributed by atoms with Crippen molar-refractivity contribution in [3.8, 4) is 11.1 Å². The van der Waals surface area contributed by atoms with Crippen LogP contribution in [0.2, 0.25) is 0 Å². The normalized spacial score (nSPS) is 19.1. The van der Waals surface area contributed by atoms with Gasteiger partial charge in [-0.05, 0) is 48.1 Å². The summed E-state index contributed by atoms with van der Waals surface area (Å²) in [4.78, 5) is 31.2. The van der Waals surface area contributed by atoms with Gasteiger partial charge in [-0.3, -0.25) is 14.6 Å². The second kappa shape index (κ2) is 8.33. The number of likely N-dealkylation sites (tertiary alicyclic amines) is 1. The molecule has 1 saturated heterocycles. The molecule has 0 spiro atoms. The van der Waals surface area contributed by atoms with Crippen molar-refractivity contribution in [2.24, 2.45) is 5.41 Å². The van der Waals surface area contributed by atoms with E-state index in [4.69, 9.17) is 0 Å². The van der Waals surface area contributed by atoms with Crippen molar-refractivity contribution in [3.05, 3.63) is 54.4 Å². The molecule has 5 heteroatoms. The lowest BCUT2D eigenvalue weighted by atomic mass is 9.78. The van der Waals surface area contributed by atoms with Crippen LogP contribution in [0.3, 0.4) is 0 Å². The molecule has 1 aromatic carbocycles. The quantitative estimate of drug-likeness (QED) is 0.856. The number of nitrogens with zero attached hydrogens (tertiary/aromatic N) is 2. The Bertz CT molecular complexity index is 806. The van der Waals surface area contributed by atoms with E-state index in [0.717, 1.165) is 23.1 Å². The van der Waals surface area contributed by atoms with E-state index in [1.807, 2.05) is 36.1 Å². The van der Waals surface area contributed by atoms with Crippen LogP contribution in [-0.2, 0) is 16.0 Å². The molecule has 2 aromatic rings. The highest BCUT2D eigenvalue weighted by atomic mass is 16.2. The molecule has 2 amide bonds. The van der Waals surface area contributed by atoms with Crippen LogP contribution in [0.5, 0.6) is 0 Å². The number of carbonyl (C=O) groups excluding carboxylic acids is 2. The average Bonchev–Trinajstić information content (AvgIpc) is 3.14. The molecule has 142 valence electrons. The summed E-state index contributed by atoms with van der Waals surface area (Å²) in [6, 6.07) is 12.1. The van der Waals surface area contributed by atoms with E-state index in [1.165, 1.54) is 0 Å². The van der Waals surface area contributed by atoms with Crippen LogP contribution in [0.15, 0.2) is 48.8 Å². The van der Waals surface area contributed by atoms with Crippen molar-refractivity contribution in [2.75, 3.05) is 20.1 Å². The maximum Gasteiger partial charge on any atom is 0.228 e. The topological polar surface area (TPSA) is 62.3 Å². The highest BCUT2D eigenvalue weighted by molar-refractivity contribution is 5.86. The Hall–Kier alpha value is -2.69. The van der Waals surface area contributed by atoms with Crippen LogP contribution >= 0.6 is 0 Å². The third-order valence-corrected chi connectivity index (χ3v) is 5.42. The first-order valence-corrected chi connectivity index (χ1v) is 9.58. The Labute approximate surface area is 160 Å². The smallest absolute Gasteiger partial charge is 0.228 e. The van der Waals surface area contributed by atoms with Crippen molar-refractivity contribution in [3.63, 3.8) is 0 Å². The molecule has 1 atom stereocenters. The highest BCUT2D eigenvalue weighted by Crippen LogP contribution is 2.37. The van der Waals surface area contributed by atoms with Crippen molar-refractivity contribution >= 4 is 11.8 Å². The highest BCUT2D eigenvalue weighted by Gasteiger charge is 2.45. The Morgan fingerprint density at radius 1 is 1.19 bits per heavy atom. The Kier molecular flexibility index (Phi) is 5.89. The third kappa shape index (κ3) is 4.02. The molecular formula is C22H27N3O2. The molecule has 0 unspecified atom stereocenters. The van der Waals surface area contributed by atoms with Crippen molar-refractivity contribution in [2.45, 2.75) is 32.6 Å². The fourth-order valence-electron chi connectivity index (χ4n) is 3.98. The minimum atomic E-state index is -0.582. The van der Waals surface area contributed by atoms with Crippen LogP contribution in [-0.4, -0.2) is 41.8 Å². The number of amides is 2. The predicted octanol–water partition coefficient (Wildman–Crippen LogP) is 3.06. The monoisotopic (exact) mass is 365 g/mol. The summed E-state index contributed by atoms with van der Waals surface area (Å²) >= 11 is 0. The summed E-state index contributed by atoms with van der Waals surface area (Å²) in [7, 11) is 1.68. The fourth-order valence-corrected chi connectivity index (χ4v) is 3.98. The fraction of sp³-hybridized carbons (Fsp3) is 0.409. The van der Waals surface area contributed by atoms with Gasteiger partial charge in [0.05, 0.1) is 5.41 Å². The van der Waals surface area contributed by atoms with E-state index in [1.54, 1.807) is 19.4 Å². The van der Waals surface area contributed by atoms with Crippen molar-refractivity contribution < 1.29 is 9.59 Å². The zero-order chi connectivity index (χ0) is 19.3. The molecule has 2 heterocycles. The van der Waals surface area contributed by atoms with Gasteiger partial charge in [-0.15, -0.1) is 0 Å². The Morgan fingerprint density at radius 2 is 1.93 bits per heavy atom. The summed E-state index contributed by atoms with van der Waals surface area (Å²) in [5, 5.41) is 2.83. The van der Waals surface area contributed by atoms with Gasteiger partial charge in [0, 0.05) is 39.0 Å². The summed E-state index contributed by atoms with van der Waals surface area (Å²) in [6.07, 6.45) is 6.22. The van der Waals surface area contributed by atoms with E-state index in [-0.39, 0.29) is 11.8 Å². The van der Waals surface area contributed by atoms with Crippen molar-refractivity contribution in [1.82, 2.24) is 15.2 Å². The zero-order valence-corrected chi connectivity index (χ0v) is 16.1. The number of rotatable bonds is 6. The molecular weight excluding hydrogens is 338 g/mol. The molecule has 0 aliphatic carbocycles. The second-order valence-corrected chi connectivity index (χ2v) is 7.24. The van der Waals surface area contributed by atoms with Gasteiger partial charge >= 0.3 is 0 Å². The Balaban J connectivity index is 1.92. The minimum absolute atomic E-state index is 0.0128.